The molecule has 106 valence electrons. The molecule has 2 rings (SSSR count). The van der Waals surface area contributed by atoms with Gasteiger partial charge in [-0.3, -0.25) is 10.1 Å². The van der Waals surface area contributed by atoms with Crippen molar-refractivity contribution in [2.24, 2.45) is 0 Å². The highest BCUT2D eigenvalue weighted by atomic mass is 32.1. The summed E-state index contributed by atoms with van der Waals surface area (Å²) in [6.45, 7) is 1.86. The predicted molar refractivity (Wildman–Crippen MR) is 76.1 cm³/mol. The van der Waals surface area contributed by atoms with Crippen LogP contribution in [0.5, 0.6) is 11.5 Å². The van der Waals surface area contributed by atoms with Gasteiger partial charge in [-0.25, -0.2) is 0 Å². The third-order valence-electron chi connectivity index (χ3n) is 2.40. The van der Waals surface area contributed by atoms with Crippen molar-refractivity contribution < 1.29 is 14.6 Å². The van der Waals surface area contributed by atoms with E-state index in [1.54, 1.807) is 18.2 Å². The maximum absolute atomic E-state index is 11.7. The first-order chi connectivity index (χ1) is 9.69. The highest BCUT2D eigenvalue weighted by Gasteiger charge is 2.09. The zero-order valence-corrected chi connectivity index (χ0v) is 11.8. The van der Waals surface area contributed by atoms with Gasteiger partial charge in [0.1, 0.15) is 5.01 Å². The number of amides is 1. The summed E-state index contributed by atoms with van der Waals surface area (Å²) >= 11 is 1.35. The maximum atomic E-state index is 11.7. The van der Waals surface area contributed by atoms with Crippen LogP contribution >= 0.6 is 11.3 Å². The number of hydrogen-bond donors (Lipinski definition) is 2. The first-order valence-electron chi connectivity index (χ1n) is 6.22. The summed E-state index contributed by atoms with van der Waals surface area (Å²) in [6.07, 6.45) is 1.83. The molecule has 0 aliphatic heterocycles. The van der Waals surface area contributed by atoms with Crippen molar-refractivity contribution in [3.05, 3.63) is 29.3 Å². The topological polar surface area (TPSA) is 84.3 Å². The zero-order valence-electron chi connectivity index (χ0n) is 11.0. The molecule has 6 nitrogen and oxygen atoms in total. The molecule has 2 aromatic rings. The van der Waals surface area contributed by atoms with Gasteiger partial charge in [0, 0.05) is 6.42 Å². The number of aromatic nitrogens is 2. The average molecular weight is 293 g/mol. The van der Waals surface area contributed by atoms with Gasteiger partial charge >= 0.3 is 0 Å². The summed E-state index contributed by atoms with van der Waals surface area (Å²) in [5.74, 6) is -0.0690. The smallest absolute Gasteiger partial charge is 0.264 e. The summed E-state index contributed by atoms with van der Waals surface area (Å²) in [5, 5.41) is 21.3. The maximum Gasteiger partial charge on any atom is 0.264 e. The lowest BCUT2D eigenvalue weighted by molar-refractivity contribution is -0.118. The lowest BCUT2D eigenvalue weighted by atomic mass is 10.3. The number of ether oxygens (including phenoxy) is 1. The van der Waals surface area contributed by atoms with Gasteiger partial charge in [-0.05, 0) is 18.6 Å². The second kappa shape index (κ2) is 6.85. The Hall–Kier alpha value is -2.15. The summed E-state index contributed by atoms with van der Waals surface area (Å²) in [7, 11) is 0. The largest absolute Gasteiger partial charge is 0.504 e. The van der Waals surface area contributed by atoms with Crippen LogP contribution in [-0.4, -0.2) is 27.8 Å². The molecular weight excluding hydrogens is 278 g/mol. The minimum absolute atomic E-state index is 0.00134. The molecule has 0 saturated heterocycles. The molecule has 0 bridgehead atoms. The number of phenols is 1. The molecule has 0 spiro atoms. The van der Waals surface area contributed by atoms with Gasteiger partial charge < -0.3 is 9.84 Å². The number of benzene rings is 1. The van der Waals surface area contributed by atoms with Crippen LogP contribution < -0.4 is 10.1 Å². The minimum Gasteiger partial charge on any atom is -0.504 e. The molecule has 0 aliphatic rings. The fraction of sp³-hybridized carbons (Fsp3) is 0.308. The van der Waals surface area contributed by atoms with E-state index < -0.39 is 0 Å². The SMILES string of the molecule is CCCc1nnc(NC(=O)COc2ccccc2O)s1. The standard InChI is InChI=1S/C13H15N3O3S/c1-2-5-12-15-16-13(20-12)14-11(18)8-19-10-7-4-3-6-9(10)17/h3-4,6-7,17H,2,5,8H2,1H3,(H,14,16,18). The van der Waals surface area contributed by atoms with Crippen LogP contribution in [0.4, 0.5) is 5.13 Å². The van der Waals surface area contributed by atoms with Crippen molar-refractivity contribution >= 4 is 22.4 Å². The molecular formula is C13H15N3O3S. The summed E-state index contributed by atoms with van der Waals surface area (Å²) < 4.78 is 5.22. The van der Waals surface area contributed by atoms with Crippen molar-refractivity contribution in [2.45, 2.75) is 19.8 Å². The lowest BCUT2D eigenvalue weighted by Crippen LogP contribution is -2.20. The van der Waals surface area contributed by atoms with Gasteiger partial charge in [0.15, 0.2) is 18.1 Å². The molecule has 0 radical (unpaired) electrons. The predicted octanol–water partition coefficient (Wildman–Crippen LogP) is 2.21. The molecule has 0 saturated carbocycles. The minimum atomic E-state index is -0.340. The van der Waals surface area contributed by atoms with Crippen molar-refractivity contribution in [1.29, 1.82) is 0 Å². The van der Waals surface area contributed by atoms with Gasteiger partial charge in [-0.2, -0.15) is 0 Å². The summed E-state index contributed by atoms with van der Waals surface area (Å²) in [4.78, 5) is 11.7. The fourth-order valence-electron chi connectivity index (χ4n) is 1.50. The van der Waals surface area contributed by atoms with Crippen molar-refractivity contribution in [1.82, 2.24) is 10.2 Å². The Morgan fingerprint density at radius 2 is 2.20 bits per heavy atom. The van der Waals surface area contributed by atoms with Crippen molar-refractivity contribution in [2.75, 3.05) is 11.9 Å². The number of hydrogen-bond acceptors (Lipinski definition) is 6. The van der Waals surface area contributed by atoms with Crippen LogP contribution in [-0.2, 0) is 11.2 Å². The second-order valence-electron chi connectivity index (χ2n) is 4.06. The first kappa shape index (κ1) is 14.3. The van der Waals surface area contributed by atoms with E-state index in [0.717, 1.165) is 17.8 Å². The lowest BCUT2D eigenvalue weighted by Gasteiger charge is -2.06. The Morgan fingerprint density at radius 3 is 2.95 bits per heavy atom. The Kier molecular flexibility index (Phi) is 4.89. The van der Waals surface area contributed by atoms with Gasteiger partial charge in [0.2, 0.25) is 5.13 Å². The molecule has 1 amide bonds. The van der Waals surface area contributed by atoms with Crippen molar-refractivity contribution in [3.63, 3.8) is 0 Å². The molecule has 0 atom stereocenters. The number of nitrogens with one attached hydrogen (secondary N) is 1. The molecule has 1 aromatic heterocycles. The van der Waals surface area contributed by atoms with E-state index in [9.17, 15) is 9.90 Å². The van der Waals surface area contributed by atoms with Crippen molar-refractivity contribution in [3.8, 4) is 11.5 Å². The molecule has 0 aliphatic carbocycles. The third-order valence-corrected chi connectivity index (χ3v) is 3.30. The highest BCUT2D eigenvalue weighted by molar-refractivity contribution is 7.15. The number of carbonyl (C=O) groups is 1. The summed E-state index contributed by atoms with van der Waals surface area (Å²) in [6, 6.07) is 6.48. The number of carbonyl (C=O) groups excluding carboxylic acids is 1. The van der Waals surface area contributed by atoms with Crippen LogP contribution in [0.25, 0.3) is 0 Å². The second-order valence-corrected chi connectivity index (χ2v) is 5.12. The van der Waals surface area contributed by atoms with E-state index in [1.165, 1.54) is 17.4 Å². The molecule has 0 fully saturated rings. The Balaban J connectivity index is 1.84. The number of para-hydroxylation sites is 2. The molecule has 20 heavy (non-hydrogen) atoms. The Bertz CT molecular complexity index is 586. The number of rotatable bonds is 6. The highest BCUT2D eigenvalue weighted by Crippen LogP contribution is 2.24. The quantitative estimate of drug-likeness (QED) is 0.853. The number of phenolic OH excluding ortho intramolecular Hbond substituents is 1. The number of aryl methyl sites for hydroxylation is 1. The van der Waals surface area contributed by atoms with Gasteiger partial charge in [0.25, 0.3) is 5.91 Å². The van der Waals surface area contributed by atoms with Crippen LogP contribution in [0.15, 0.2) is 24.3 Å². The third kappa shape index (κ3) is 3.92. The zero-order chi connectivity index (χ0) is 14.4. The monoisotopic (exact) mass is 293 g/mol. The number of aromatic hydroxyl groups is 1. The van der Waals surface area contributed by atoms with E-state index in [2.05, 4.69) is 22.4 Å². The van der Waals surface area contributed by atoms with Gasteiger partial charge in [-0.15, -0.1) is 10.2 Å². The van der Waals surface area contributed by atoms with E-state index in [-0.39, 0.29) is 24.0 Å². The molecule has 2 N–H and O–H groups in total. The van der Waals surface area contributed by atoms with Crippen LogP contribution in [0, 0.1) is 0 Å². The van der Waals surface area contributed by atoms with Gasteiger partial charge in [0.05, 0.1) is 0 Å². The first-order valence-corrected chi connectivity index (χ1v) is 7.03. The normalized spacial score (nSPS) is 10.2. The van der Waals surface area contributed by atoms with Crippen LogP contribution in [0.1, 0.15) is 18.4 Å². The van der Waals surface area contributed by atoms with Crippen LogP contribution in [0.2, 0.25) is 0 Å². The summed E-state index contributed by atoms with van der Waals surface area (Å²) in [5.41, 5.74) is 0. The average Bonchev–Trinajstić information content (AvgIpc) is 2.85. The fourth-order valence-corrected chi connectivity index (χ4v) is 2.35. The molecule has 7 heteroatoms. The Morgan fingerprint density at radius 1 is 1.40 bits per heavy atom. The van der Waals surface area contributed by atoms with E-state index >= 15 is 0 Å². The molecule has 1 heterocycles. The molecule has 0 unspecified atom stereocenters. The van der Waals surface area contributed by atoms with E-state index in [4.69, 9.17) is 4.74 Å². The molecule has 1 aromatic carbocycles. The van der Waals surface area contributed by atoms with Crippen LogP contribution in [0.3, 0.4) is 0 Å². The van der Waals surface area contributed by atoms with E-state index in [1.807, 2.05) is 0 Å². The van der Waals surface area contributed by atoms with E-state index in [0.29, 0.717) is 5.13 Å². The Labute approximate surface area is 120 Å². The van der Waals surface area contributed by atoms with Gasteiger partial charge in [-0.1, -0.05) is 30.4 Å². The number of anilines is 1. The number of nitrogens with zero attached hydrogens (tertiary/aromatic N) is 2.